The minimum absolute atomic E-state index is 0.684. The maximum absolute atomic E-state index is 4.81. The summed E-state index contributed by atoms with van der Waals surface area (Å²) in [7, 11) is 0. The number of rotatable bonds is 3. The minimum atomic E-state index is 0.684. The van der Waals surface area contributed by atoms with Gasteiger partial charge in [-0.3, -0.25) is 0 Å². The quantitative estimate of drug-likeness (QED) is 0.912. The third kappa shape index (κ3) is 2.06. The van der Waals surface area contributed by atoms with Crippen LogP contribution in [0.2, 0.25) is 0 Å². The Bertz CT molecular complexity index is 565. The Morgan fingerprint density at radius 1 is 1.28 bits per heavy atom. The molecule has 2 aliphatic rings. The number of benzene rings is 1. The fraction of sp³-hybridized carbons (Fsp3) is 0.533. The summed E-state index contributed by atoms with van der Waals surface area (Å²) in [6, 6.07) is 7.54. The van der Waals surface area contributed by atoms with Crippen LogP contribution in [-0.4, -0.2) is 17.6 Å². The lowest BCUT2D eigenvalue weighted by Crippen LogP contribution is -2.23. The summed E-state index contributed by atoms with van der Waals surface area (Å²) in [5.41, 5.74) is 2.66. The summed E-state index contributed by atoms with van der Waals surface area (Å²) < 4.78 is 1.36. The van der Waals surface area contributed by atoms with Crippen molar-refractivity contribution >= 4 is 21.6 Å². The Morgan fingerprint density at radius 3 is 3.00 bits per heavy atom. The van der Waals surface area contributed by atoms with Crippen molar-refractivity contribution in [1.29, 1.82) is 0 Å². The summed E-state index contributed by atoms with van der Waals surface area (Å²) in [6.07, 6.45) is 6.50. The maximum atomic E-state index is 4.81. The van der Waals surface area contributed by atoms with E-state index < -0.39 is 0 Å². The fourth-order valence-electron chi connectivity index (χ4n) is 2.84. The first-order chi connectivity index (χ1) is 8.88. The normalized spacial score (nSPS) is 23.9. The molecule has 1 unspecified atom stereocenters. The number of nitrogens with one attached hydrogen (secondary N) is 1. The third-order valence-corrected chi connectivity index (χ3v) is 5.24. The van der Waals surface area contributed by atoms with E-state index in [0.717, 1.165) is 12.3 Å². The fourth-order valence-corrected chi connectivity index (χ4v) is 3.96. The van der Waals surface area contributed by atoms with Gasteiger partial charge in [0.2, 0.25) is 0 Å². The second-order valence-corrected chi connectivity index (χ2v) is 6.69. The van der Waals surface area contributed by atoms with Crippen LogP contribution in [0.1, 0.15) is 42.2 Å². The lowest BCUT2D eigenvalue weighted by Gasteiger charge is -2.09. The van der Waals surface area contributed by atoms with Crippen LogP contribution in [0.25, 0.3) is 10.2 Å². The predicted octanol–water partition coefficient (Wildman–Crippen LogP) is 3.47. The molecule has 0 spiro atoms. The van der Waals surface area contributed by atoms with Crippen molar-refractivity contribution in [3.63, 3.8) is 0 Å². The van der Waals surface area contributed by atoms with Gasteiger partial charge < -0.3 is 5.32 Å². The number of thiazole rings is 1. The molecular formula is C15H18N2S. The van der Waals surface area contributed by atoms with Gasteiger partial charge in [0.05, 0.1) is 15.2 Å². The smallest absolute Gasteiger partial charge is 0.0969 e. The standard InChI is InChI=1S/C15H18N2S/c1-2-12(16-7-1)8-10-3-6-14-13(9-10)17-15(18-14)11-4-5-11/h3,6,9,11-12,16H,1-2,4-5,7-8H2. The van der Waals surface area contributed by atoms with Crippen molar-refractivity contribution < 1.29 is 0 Å². The van der Waals surface area contributed by atoms with Crippen LogP contribution < -0.4 is 5.32 Å². The molecule has 1 saturated carbocycles. The second kappa shape index (κ2) is 4.32. The summed E-state index contributed by atoms with van der Waals surface area (Å²) >= 11 is 1.89. The van der Waals surface area contributed by atoms with Gasteiger partial charge in [-0.2, -0.15) is 0 Å². The number of nitrogens with zero attached hydrogens (tertiary/aromatic N) is 1. The molecule has 3 heteroatoms. The SMILES string of the molecule is c1cc2sc(C3CC3)nc2cc1CC1CCCN1. The molecule has 2 fully saturated rings. The number of aromatic nitrogens is 1. The van der Waals surface area contributed by atoms with Crippen LogP contribution in [0, 0.1) is 0 Å². The molecule has 1 atom stereocenters. The molecule has 2 heterocycles. The molecule has 4 rings (SSSR count). The lowest BCUT2D eigenvalue weighted by molar-refractivity contribution is 0.603. The van der Waals surface area contributed by atoms with Crippen LogP contribution in [0.5, 0.6) is 0 Å². The van der Waals surface area contributed by atoms with Crippen LogP contribution in [0.15, 0.2) is 18.2 Å². The highest BCUT2D eigenvalue weighted by atomic mass is 32.1. The highest BCUT2D eigenvalue weighted by Gasteiger charge is 2.27. The van der Waals surface area contributed by atoms with Gasteiger partial charge in [-0.05, 0) is 56.3 Å². The van der Waals surface area contributed by atoms with Crippen molar-refractivity contribution in [3.8, 4) is 0 Å². The second-order valence-electron chi connectivity index (χ2n) is 5.63. The first kappa shape index (κ1) is 10.9. The molecule has 2 nitrogen and oxygen atoms in total. The first-order valence-corrected chi connectivity index (χ1v) is 7.83. The van der Waals surface area contributed by atoms with Crippen LogP contribution >= 0.6 is 11.3 Å². The number of fused-ring (bicyclic) bond motifs is 1. The molecule has 0 radical (unpaired) electrons. The minimum Gasteiger partial charge on any atom is -0.314 e. The molecule has 1 saturated heterocycles. The van der Waals surface area contributed by atoms with E-state index in [4.69, 9.17) is 4.98 Å². The molecule has 1 aliphatic heterocycles. The average molecular weight is 258 g/mol. The van der Waals surface area contributed by atoms with Crippen LogP contribution in [-0.2, 0) is 6.42 Å². The molecule has 94 valence electrons. The van der Waals surface area contributed by atoms with Gasteiger partial charge in [-0.15, -0.1) is 11.3 Å². The maximum Gasteiger partial charge on any atom is 0.0969 e. The number of hydrogen-bond donors (Lipinski definition) is 1. The van der Waals surface area contributed by atoms with E-state index in [1.807, 2.05) is 11.3 Å². The predicted molar refractivity (Wildman–Crippen MR) is 76.3 cm³/mol. The third-order valence-electron chi connectivity index (χ3n) is 4.04. The molecular weight excluding hydrogens is 240 g/mol. The molecule has 2 aromatic rings. The van der Waals surface area contributed by atoms with Gasteiger partial charge in [0.1, 0.15) is 0 Å². The van der Waals surface area contributed by atoms with Gasteiger partial charge in [-0.25, -0.2) is 4.98 Å². The van der Waals surface area contributed by atoms with Crippen molar-refractivity contribution in [2.45, 2.75) is 44.1 Å². The van der Waals surface area contributed by atoms with E-state index in [2.05, 4.69) is 23.5 Å². The van der Waals surface area contributed by atoms with E-state index in [9.17, 15) is 0 Å². The Hall–Kier alpha value is -0.930. The summed E-state index contributed by atoms with van der Waals surface area (Å²) in [6.45, 7) is 1.19. The zero-order valence-corrected chi connectivity index (χ0v) is 11.3. The first-order valence-electron chi connectivity index (χ1n) is 7.01. The van der Waals surface area contributed by atoms with E-state index in [1.165, 1.54) is 53.0 Å². The van der Waals surface area contributed by atoms with Crippen molar-refractivity contribution in [1.82, 2.24) is 10.3 Å². The van der Waals surface area contributed by atoms with E-state index in [0.29, 0.717) is 6.04 Å². The van der Waals surface area contributed by atoms with Gasteiger partial charge >= 0.3 is 0 Å². The largest absolute Gasteiger partial charge is 0.314 e. The average Bonchev–Trinajstić information content (AvgIpc) is 2.95. The highest BCUT2D eigenvalue weighted by Crippen LogP contribution is 2.43. The van der Waals surface area contributed by atoms with E-state index >= 15 is 0 Å². The zero-order valence-electron chi connectivity index (χ0n) is 10.5. The van der Waals surface area contributed by atoms with Crippen molar-refractivity contribution in [2.24, 2.45) is 0 Å². The van der Waals surface area contributed by atoms with E-state index in [1.54, 1.807) is 0 Å². The topological polar surface area (TPSA) is 24.9 Å². The Labute approximate surface area is 111 Å². The summed E-state index contributed by atoms with van der Waals surface area (Å²) in [5, 5.41) is 4.93. The number of hydrogen-bond acceptors (Lipinski definition) is 3. The lowest BCUT2D eigenvalue weighted by atomic mass is 10.0. The molecule has 18 heavy (non-hydrogen) atoms. The van der Waals surface area contributed by atoms with Gasteiger partial charge in [0, 0.05) is 12.0 Å². The molecule has 1 aromatic heterocycles. The van der Waals surface area contributed by atoms with Crippen molar-refractivity contribution in [3.05, 3.63) is 28.8 Å². The molecule has 1 N–H and O–H groups in total. The molecule has 0 amide bonds. The summed E-state index contributed by atoms with van der Waals surface area (Å²) in [4.78, 5) is 4.81. The monoisotopic (exact) mass is 258 g/mol. The Kier molecular flexibility index (Phi) is 2.63. The van der Waals surface area contributed by atoms with Gasteiger partial charge in [0.25, 0.3) is 0 Å². The highest BCUT2D eigenvalue weighted by molar-refractivity contribution is 7.18. The zero-order chi connectivity index (χ0) is 11.9. The Morgan fingerprint density at radius 2 is 2.22 bits per heavy atom. The van der Waals surface area contributed by atoms with E-state index in [-0.39, 0.29) is 0 Å². The molecule has 1 aliphatic carbocycles. The molecule has 1 aromatic carbocycles. The van der Waals surface area contributed by atoms with Crippen LogP contribution in [0.3, 0.4) is 0 Å². The Balaban J connectivity index is 1.61. The van der Waals surface area contributed by atoms with Crippen molar-refractivity contribution in [2.75, 3.05) is 6.54 Å². The van der Waals surface area contributed by atoms with Gasteiger partial charge in [-0.1, -0.05) is 6.07 Å². The summed E-state index contributed by atoms with van der Waals surface area (Å²) in [5.74, 6) is 0.780. The van der Waals surface area contributed by atoms with Gasteiger partial charge in [0.15, 0.2) is 0 Å². The molecule has 0 bridgehead atoms. The van der Waals surface area contributed by atoms with Crippen LogP contribution in [0.4, 0.5) is 0 Å².